The first-order chi connectivity index (χ1) is 15.0. The van der Waals surface area contributed by atoms with Crippen LogP contribution in [0.25, 0.3) is 16.3 Å². The molecular formula is C22H21N3O4S2. The standard InChI is InChI=1S/C22H21N3O4S2/c1-13-22(27)25(12-19(26)23-14-8-9-16(28-2)17(10-14)29-3)21(30-13)11-20-24-15-6-4-5-7-18(15)31-20/h4-11,13H,12H2,1-3H3,(H,23,26)/b21-11-. The number of rotatable bonds is 6. The number of nitrogens with zero attached hydrogens (tertiary/aromatic N) is 2. The number of thiazole rings is 1. The molecule has 1 N–H and O–H groups in total. The number of anilines is 1. The van der Waals surface area contributed by atoms with Crippen molar-refractivity contribution in [3.63, 3.8) is 0 Å². The Balaban J connectivity index is 1.52. The smallest absolute Gasteiger partial charge is 0.244 e. The molecule has 1 aliphatic rings. The van der Waals surface area contributed by atoms with Crippen molar-refractivity contribution in [1.29, 1.82) is 0 Å². The molecule has 31 heavy (non-hydrogen) atoms. The fourth-order valence-corrected chi connectivity index (χ4v) is 5.24. The van der Waals surface area contributed by atoms with Crippen LogP contribution in [0.4, 0.5) is 5.69 Å². The molecule has 1 saturated heterocycles. The van der Waals surface area contributed by atoms with E-state index < -0.39 is 0 Å². The minimum absolute atomic E-state index is 0.0821. The topological polar surface area (TPSA) is 80.8 Å². The van der Waals surface area contributed by atoms with E-state index in [1.807, 2.05) is 37.3 Å². The van der Waals surface area contributed by atoms with Crippen LogP contribution in [-0.2, 0) is 9.59 Å². The lowest BCUT2D eigenvalue weighted by molar-refractivity contribution is -0.130. The average Bonchev–Trinajstić information content (AvgIpc) is 3.29. The average molecular weight is 456 g/mol. The number of methoxy groups -OCH3 is 2. The lowest BCUT2D eigenvalue weighted by atomic mass is 10.2. The van der Waals surface area contributed by atoms with E-state index in [1.165, 1.54) is 23.8 Å². The molecule has 1 aromatic heterocycles. The summed E-state index contributed by atoms with van der Waals surface area (Å²) in [6.07, 6.45) is 1.88. The van der Waals surface area contributed by atoms with Crippen LogP contribution in [0, 0.1) is 0 Å². The summed E-state index contributed by atoms with van der Waals surface area (Å²) in [5.74, 6) is 0.685. The number of hydrogen-bond acceptors (Lipinski definition) is 7. The predicted molar refractivity (Wildman–Crippen MR) is 125 cm³/mol. The molecular weight excluding hydrogens is 434 g/mol. The first kappa shape index (κ1) is 21.2. The number of benzene rings is 2. The first-order valence-corrected chi connectivity index (χ1v) is 11.3. The molecule has 1 unspecified atom stereocenters. The molecule has 0 saturated carbocycles. The molecule has 9 heteroatoms. The third kappa shape index (κ3) is 4.52. The number of nitrogens with one attached hydrogen (secondary N) is 1. The van der Waals surface area contributed by atoms with Gasteiger partial charge in [-0.05, 0) is 31.2 Å². The summed E-state index contributed by atoms with van der Waals surface area (Å²) in [5, 5.41) is 4.09. The molecule has 1 atom stereocenters. The van der Waals surface area contributed by atoms with Crippen LogP contribution in [0.1, 0.15) is 11.9 Å². The number of thioether (sulfide) groups is 1. The first-order valence-electron chi connectivity index (χ1n) is 9.55. The van der Waals surface area contributed by atoms with Crippen molar-refractivity contribution < 1.29 is 19.1 Å². The SMILES string of the molecule is COc1ccc(NC(=O)CN2C(=O)C(C)S/C2=C\c2nc3ccccc3s2)cc1OC. The van der Waals surface area contributed by atoms with Gasteiger partial charge in [0.25, 0.3) is 0 Å². The number of amides is 2. The fourth-order valence-electron chi connectivity index (χ4n) is 3.21. The largest absolute Gasteiger partial charge is 0.493 e. The van der Waals surface area contributed by atoms with Crippen molar-refractivity contribution in [3.8, 4) is 11.5 Å². The monoisotopic (exact) mass is 455 g/mol. The van der Waals surface area contributed by atoms with Gasteiger partial charge in [-0.25, -0.2) is 4.98 Å². The van der Waals surface area contributed by atoms with Crippen LogP contribution in [-0.4, -0.2) is 47.7 Å². The van der Waals surface area contributed by atoms with Crippen molar-refractivity contribution >= 4 is 56.9 Å². The molecule has 1 aliphatic heterocycles. The lowest BCUT2D eigenvalue weighted by Gasteiger charge is -2.17. The van der Waals surface area contributed by atoms with E-state index in [-0.39, 0.29) is 23.6 Å². The van der Waals surface area contributed by atoms with Crippen molar-refractivity contribution in [2.75, 3.05) is 26.1 Å². The molecule has 3 aromatic rings. The second kappa shape index (κ2) is 8.99. The van der Waals surface area contributed by atoms with Gasteiger partial charge in [-0.1, -0.05) is 23.9 Å². The van der Waals surface area contributed by atoms with E-state index in [0.29, 0.717) is 17.2 Å². The highest BCUT2D eigenvalue weighted by Gasteiger charge is 2.35. The summed E-state index contributed by atoms with van der Waals surface area (Å²) in [4.78, 5) is 31.5. The van der Waals surface area contributed by atoms with Crippen molar-refractivity contribution in [2.24, 2.45) is 0 Å². The number of carbonyl (C=O) groups is 2. The van der Waals surface area contributed by atoms with Gasteiger partial charge in [-0.2, -0.15) is 0 Å². The molecule has 0 spiro atoms. The molecule has 4 rings (SSSR count). The molecule has 2 amide bonds. The Kier molecular flexibility index (Phi) is 6.15. The molecule has 0 bridgehead atoms. The second-order valence-electron chi connectivity index (χ2n) is 6.80. The zero-order valence-electron chi connectivity index (χ0n) is 17.2. The maximum Gasteiger partial charge on any atom is 0.244 e. The van der Waals surface area contributed by atoms with Crippen LogP contribution in [0.5, 0.6) is 11.5 Å². The van der Waals surface area contributed by atoms with Crippen LogP contribution in [0.2, 0.25) is 0 Å². The van der Waals surface area contributed by atoms with E-state index in [0.717, 1.165) is 20.3 Å². The van der Waals surface area contributed by atoms with Gasteiger partial charge in [-0.3, -0.25) is 14.5 Å². The number of aromatic nitrogens is 1. The van der Waals surface area contributed by atoms with Crippen molar-refractivity contribution in [3.05, 3.63) is 52.5 Å². The van der Waals surface area contributed by atoms with Crippen molar-refractivity contribution in [1.82, 2.24) is 9.88 Å². The number of ether oxygens (including phenoxy) is 2. The highest BCUT2D eigenvalue weighted by Crippen LogP contribution is 2.37. The summed E-state index contributed by atoms with van der Waals surface area (Å²) >= 11 is 2.99. The van der Waals surface area contributed by atoms with Gasteiger partial charge in [0, 0.05) is 17.8 Å². The molecule has 160 valence electrons. The number of fused-ring (bicyclic) bond motifs is 1. The van der Waals surface area contributed by atoms with Crippen LogP contribution in [0.15, 0.2) is 47.5 Å². The minimum Gasteiger partial charge on any atom is -0.493 e. The Morgan fingerprint density at radius 2 is 1.97 bits per heavy atom. The molecule has 0 radical (unpaired) electrons. The van der Waals surface area contributed by atoms with E-state index in [9.17, 15) is 9.59 Å². The quantitative estimate of drug-likeness (QED) is 0.600. The third-order valence-electron chi connectivity index (χ3n) is 4.70. The number of carbonyl (C=O) groups excluding carboxylic acids is 2. The Morgan fingerprint density at radius 1 is 1.19 bits per heavy atom. The zero-order chi connectivity index (χ0) is 22.0. The maximum absolute atomic E-state index is 12.7. The Labute approximate surface area is 188 Å². The Morgan fingerprint density at radius 3 is 2.71 bits per heavy atom. The number of para-hydroxylation sites is 1. The van der Waals surface area contributed by atoms with Crippen LogP contribution >= 0.6 is 23.1 Å². The molecule has 1 fully saturated rings. The molecule has 2 heterocycles. The zero-order valence-corrected chi connectivity index (χ0v) is 18.9. The maximum atomic E-state index is 12.7. The van der Waals surface area contributed by atoms with E-state index in [2.05, 4.69) is 10.3 Å². The predicted octanol–water partition coefficient (Wildman–Crippen LogP) is 4.21. The second-order valence-corrected chi connectivity index (χ2v) is 9.23. The molecule has 7 nitrogen and oxygen atoms in total. The Bertz CT molecular complexity index is 1140. The van der Waals surface area contributed by atoms with Gasteiger partial charge >= 0.3 is 0 Å². The Hall–Kier alpha value is -3.04. The van der Waals surface area contributed by atoms with Gasteiger partial charge in [0.15, 0.2) is 11.5 Å². The summed E-state index contributed by atoms with van der Waals surface area (Å²) in [6, 6.07) is 13.0. The minimum atomic E-state index is -0.300. The fraction of sp³-hybridized carbons (Fsp3) is 0.227. The summed E-state index contributed by atoms with van der Waals surface area (Å²) in [6.45, 7) is 1.76. The van der Waals surface area contributed by atoms with Crippen molar-refractivity contribution in [2.45, 2.75) is 12.2 Å². The molecule has 0 aliphatic carbocycles. The third-order valence-corrected chi connectivity index (χ3v) is 6.82. The molecule has 2 aromatic carbocycles. The van der Waals surface area contributed by atoms with Gasteiger partial charge in [0.1, 0.15) is 11.6 Å². The lowest BCUT2D eigenvalue weighted by Crippen LogP contribution is -2.35. The van der Waals surface area contributed by atoms with Crippen LogP contribution < -0.4 is 14.8 Å². The normalized spacial score (nSPS) is 17.4. The summed E-state index contributed by atoms with van der Waals surface area (Å²) in [7, 11) is 3.08. The van der Waals surface area contributed by atoms with E-state index >= 15 is 0 Å². The summed E-state index contributed by atoms with van der Waals surface area (Å²) in [5.41, 5.74) is 1.48. The van der Waals surface area contributed by atoms with E-state index in [4.69, 9.17) is 9.47 Å². The van der Waals surface area contributed by atoms with E-state index in [1.54, 1.807) is 36.6 Å². The summed E-state index contributed by atoms with van der Waals surface area (Å²) < 4.78 is 11.6. The highest BCUT2D eigenvalue weighted by molar-refractivity contribution is 8.04. The van der Waals surface area contributed by atoms with Gasteiger partial charge in [0.05, 0.1) is 34.7 Å². The highest BCUT2D eigenvalue weighted by atomic mass is 32.2. The van der Waals surface area contributed by atoms with Crippen LogP contribution in [0.3, 0.4) is 0 Å². The van der Waals surface area contributed by atoms with Gasteiger partial charge in [0.2, 0.25) is 11.8 Å². The van der Waals surface area contributed by atoms with Gasteiger partial charge < -0.3 is 14.8 Å². The number of hydrogen-bond donors (Lipinski definition) is 1. The van der Waals surface area contributed by atoms with Gasteiger partial charge in [-0.15, -0.1) is 11.3 Å².